The first-order valence-electron chi connectivity index (χ1n) is 7.92. The van der Waals surface area contributed by atoms with Gasteiger partial charge in [-0.05, 0) is 25.2 Å². The van der Waals surface area contributed by atoms with Gasteiger partial charge in [-0.15, -0.1) is 10.2 Å². The molecule has 0 saturated carbocycles. The third kappa shape index (κ3) is 3.51. The molecule has 0 spiro atoms. The molecule has 0 bridgehead atoms. The predicted molar refractivity (Wildman–Crippen MR) is 91.2 cm³/mol. The van der Waals surface area contributed by atoms with Gasteiger partial charge in [-0.2, -0.15) is 5.10 Å². The summed E-state index contributed by atoms with van der Waals surface area (Å²) in [7, 11) is 1.99. The van der Waals surface area contributed by atoms with Gasteiger partial charge in [0.25, 0.3) is 5.89 Å². The lowest BCUT2D eigenvalue weighted by atomic mass is 10.1. The molecular weight excluding hydrogens is 318 g/mol. The number of rotatable bonds is 6. The molecule has 4 rings (SSSR count). The Bertz CT molecular complexity index is 927. The van der Waals surface area contributed by atoms with E-state index in [1.165, 1.54) is 0 Å². The van der Waals surface area contributed by atoms with E-state index in [4.69, 9.17) is 8.83 Å². The van der Waals surface area contributed by atoms with Gasteiger partial charge in [0, 0.05) is 17.8 Å². The summed E-state index contributed by atoms with van der Waals surface area (Å²) in [5.74, 6) is 1.50. The summed E-state index contributed by atoms with van der Waals surface area (Å²) in [6.45, 7) is 1.23. The van der Waals surface area contributed by atoms with E-state index in [9.17, 15) is 0 Å². The second kappa shape index (κ2) is 6.74. The van der Waals surface area contributed by atoms with Crippen LogP contribution < -0.4 is 0 Å². The Morgan fingerprint density at radius 3 is 2.72 bits per heavy atom. The van der Waals surface area contributed by atoms with Crippen LogP contribution in [-0.2, 0) is 13.1 Å². The minimum atomic E-state index is 0.390. The summed E-state index contributed by atoms with van der Waals surface area (Å²) in [4.78, 5) is 2.07. The summed E-state index contributed by atoms with van der Waals surface area (Å²) in [6.07, 6.45) is 1.58. The molecule has 1 aromatic carbocycles. The van der Waals surface area contributed by atoms with Crippen molar-refractivity contribution in [3.8, 4) is 22.9 Å². The molecule has 7 nitrogen and oxygen atoms in total. The van der Waals surface area contributed by atoms with Crippen molar-refractivity contribution in [1.29, 1.82) is 0 Å². The lowest BCUT2D eigenvalue weighted by Gasteiger charge is -2.12. The van der Waals surface area contributed by atoms with Crippen molar-refractivity contribution in [2.75, 3.05) is 7.05 Å². The average molecular weight is 335 g/mol. The highest BCUT2D eigenvalue weighted by Gasteiger charge is 2.13. The number of aromatic nitrogens is 4. The SMILES string of the molecule is CN(Cc1cc(-c2ccccc2)n[nH]1)Cc1nnc(-c2ccco2)o1. The van der Waals surface area contributed by atoms with Crippen LogP contribution in [0.25, 0.3) is 22.9 Å². The first-order chi connectivity index (χ1) is 12.3. The minimum Gasteiger partial charge on any atom is -0.459 e. The van der Waals surface area contributed by atoms with E-state index in [2.05, 4.69) is 25.3 Å². The predicted octanol–water partition coefficient (Wildman–Crippen LogP) is 3.35. The van der Waals surface area contributed by atoms with E-state index in [0.29, 0.717) is 30.6 Å². The van der Waals surface area contributed by atoms with Crippen molar-refractivity contribution in [1.82, 2.24) is 25.3 Å². The molecule has 0 atom stereocenters. The number of H-pyrrole nitrogens is 1. The van der Waals surface area contributed by atoms with Crippen molar-refractivity contribution >= 4 is 0 Å². The van der Waals surface area contributed by atoms with Gasteiger partial charge in [-0.25, -0.2) is 0 Å². The maximum absolute atomic E-state index is 5.63. The molecule has 3 heterocycles. The number of hydrogen-bond donors (Lipinski definition) is 1. The second-order valence-corrected chi connectivity index (χ2v) is 5.79. The van der Waals surface area contributed by atoms with Crippen molar-refractivity contribution in [3.63, 3.8) is 0 Å². The molecular formula is C18H17N5O2. The molecule has 4 aromatic rings. The van der Waals surface area contributed by atoms with Crippen LogP contribution in [0.1, 0.15) is 11.6 Å². The van der Waals surface area contributed by atoms with Gasteiger partial charge in [0.15, 0.2) is 5.76 Å². The first kappa shape index (κ1) is 15.3. The van der Waals surface area contributed by atoms with Crippen LogP contribution in [0, 0.1) is 0 Å². The monoisotopic (exact) mass is 335 g/mol. The fourth-order valence-electron chi connectivity index (χ4n) is 2.59. The molecule has 0 amide bonds. The van der Waals surface area contributed by atoms with Crippen LogP contribution >= 0.6 is 0 Å². The van der Waals surface area contributed by atoms with E-state index in [1.807, 2.05) is 43.4 Å². The molecule has 0 saturated heterocycles. The maximum Gasteiger partial charge on any atom is 0.283 e. The maximum atomic E-state index is 5.63. The number of nitrogens with one attached hydrogen (secondary N) is 1. The molecule has 126 valence electrons. The van der Waals surface area contributed by atoms with Gasteiger partial charge in [0.2, 0.25) is 5.89 Å². The van der Waals surface area contributed by atoms with Crippen LogP contribution in [-0.4, -0.2) is 32.3 Å². The van der Waals surface area contributed by atoms with E-state index < -0.39 is 0 Å². The lowest BCUT2D eigenvalue weighted by Crippen LogP contribution is -2.17. The van der Waals surface area contributed by atoms with E-state index in [1.54, 1.807) is 18.4 Å². The van der Waals surface area contributed by atoms with Gasteiger partial charge in [-0.1, -0.05) is 30.3 Å². The molecule has 1 N–H and O–H groups in total. The lowest BCUT2D eigenvalue weighted by molar-refractivity contribution is 0.279. The Morgan fingerprint density at radius 1 is 1.04 bits per heavy atom. The normalized spacial score (nSPS) is 11.3. The highest BCUT2D eigenvalue weighted by atomic mass is 16.4. The Balaban J connectivity index is 1.39. The Morgan fingerprint density at radius 2 is 1.92 bits per heavy atom. The quantitative estimate of drug-likeness (QED) is 0.582. The number of furan rings is 1. The van der Waals surface area contributed by atoms with Crippen LogP contribution in [0.3, 0.4) is 0 Å². The zero-order valence-electron chi connectivity index (χ0n) is 13.7. The van der Waals surface area contributed by atoms with Crippen LogP contribution in [0.15, 0.2) is 63.6 Å². The minimum absolute atomic E-state index is 0.390. The summed E-state index contributed by atoms with van der Waals surface area (Å²) >= 11 is 0. The molecule has 0 unspecified atom stereocenters. The fraction of sp³-hybridized carbons (Fsp3) is 0.167. The summed E-state index contributed by atoms with van der Waals surface area (Å²) in [5.41, 5.74) is 3.04. The Kier molecular flexibility index (Phi) is 4.14. The molecule has 3 aromatic heterocycles. The number of benzene rings is 1. The van der Waals surface area contributed by atoms with Gasteiger partial charge >= 0.3 is 0 Å². The molecule has 0 radical (unpaired) electrons. The van der Waals surface area contributed by atoms with Crippen LogP contribution in [0.2, 0.25) is 0 Å². The van der Waals surface area contributed by atoms with E-state index >= 15 is 0 Å². The largest absolute Gasteiger partial charge is 0.459 e. The second-order valence-electron chi connectivity index (χ2n) is 5.79. The zero-order valence-corrected chi connectivity index (χ0v) is 13.7. The summed E-state index contributed by atoms with van der Waals surface area (Å²) in [6, 6.07) is 15.7. The van der Waals surface area contributed by atoms with Crippen molar-refractivity contribution in [2.45, 2.75) is 13.1 Å². The zero-order chi connectivity index (χ0) is 17.1. The van der Waals surface area contributed by atoms with Crippen LogP contribution in [0.4, 0.5) is 0 Å². The summed E-state index contributed by atoms with van der Waals surface area (Å²) in [5, 5.41) is 15.5. The number of aromatic amines is 1. The smallest absolute Gasteiger partial charge is 0.283 e. The number of hydrogen-bond acceptors (Lipinski definition) is 6. The van der Waals surface area contributed by atoms with E-state index in [-0.39, 0.29) is 0 Å². The highest BCUT2D eigenvalue weighted by Crippen LogP contribution is 2.20. The van der Waals surface area contributed by atoms with Gasteiger partial charge in [-0.3, -0.25) is 10.00 Å². The van der Waals surface area contributed by atoms with Crippen LogP contribution in [0.5, 0.6) is 0 Å². The molecule has 0 aliphatic rings. The van der Waals surface area contributed by atoms with Crippen molar-refractivity contribution in [3.05, 3.63) is 66.4 Å². The van der Waals surface area contributed by atoms with Gasteiger partial charge in [0.05, 0.1) is 18.5 Å². The Hall–Kier alpha value is -3.19. The molecule has 7 heteroatoms. The molecule has 0 aliphatic carbocycles. The molecule has 0 fully saturated rings. The summed E-state index contributed by atoms with van der Waals surface area (Å²) < 4.78 is 10.9. The first-order valence-corrected chi connectivity index (χ1v) is 7.92. The van der Waals surface area contributed by atoms with Gasteiger partial charge in [0.1, 0.15) is 0 Å². The van der Waals surface area contributed by atoms with Crippen molar-refractivity contribution < 1.29 is 8.83 Å². The highest BCUT2D eigenvalue weighted by molar-refractivity contribution is 5.58. The standard InChI is InChI=1S/C18H17N5O2/c1-23(12-17-21-22-18(25-17)16-8-5-9-24-16)11-14-10-15(20-19-14)13-6-3-2-4-7-13/h2-10H,11-12H2,1H3,(H,19,20). The third-order valence-corrected chi connectivity index (χ3v) is 3.74. The van der Waals surface area contributed by atoms with Gasteiger partial charge < -0.3 is 8.83 Å². The number of nitrogens with zero attached hydrogens (tertiary/aromatic N) is 4. The molecule has 0 aliphatic heterocycles. The van der Waals surface area contributed by atoms with Crippen molar-refractivity contribution in [2.24, 2.45) is 0 Å². The average Bonchev–Trinajstić information content (AvgIpc) is 3.37. The topological polar surface area (TPSA) is 84.0 Å². The fourth-order valence-corrected chi connectivity index (χ4v) is 2.59. The van der Waals surface area contributed by atoms with E-state index in [0.717, 1.165) is 17.0 Å². The third-order valence-electron chi connectivity index (χ3n) is 3.74. The Labute approximate surface area is 144 Å². The molecule has 25 heavy (non-hydrogen) atoms.